The summed E-state index contributed by atoms with van der Waals surface area (Å²) >= 11 is 13.6. The van der Waals surface area contributed by atoms with E-state index in [0.717, 1.165) is 11.1 Å². The number of carbonyl (C=O) groups is 2. The summed E-state index contributed by atoms with van der Waals surface area (Å²) in [4.78, 5) is 28.0. The second kappa shape index (κ2) is 11.5. The van der Waals surface area contributed by atoms with Crippen LogP contribution in [0.25, 0.3) is 0 Å². The Hall–Kier alpha value is -3.24. The van der Waals surface area contributed by atoms with E-state index in [9.17, 15) is 14.9 Å². The largest absolute Gasteiger partial charge is 0.351 e. The van der Waals surface area contributed by atoms with E-state index in [-0.39, 0.29) is 11.5 Å². The highest BCUT2D eigenvalue weighted by Gasteiger charge is 2.41. The molecule has 0 saturated carbocycles. The van der Waals surface area contributed by atoms with Gasteiger partial charge in [-0.25, -0.2) is 0 Å². The van der Waals surface area contributed by atoms with Crippen LogP contribution < -0.4 is 10.2 Å². The minimum absolute atomic E-state index is 0.104. The van der Waals surface area contributed by atoms with Gasteiger partial charge in [0, 0.05) is 22.3 Å². The number of hydrogen-bond acceptors (Lipinski definition) is 4. The van der Waals surface area contributed by atoms with Crippen molar-refractivity contribution in [3.05, 3.63) is 111 Å². The Kier molecular flexibility index (Phi) is 8.14. The molecule has 3 aromatic rings. The fourth-order valence-corrected chi connectivity index (χ4v) is 5.36. The van der Waals surface area contributed by atoms with Crippen molar-refractivity contribution < 1.29 is 9.59 Å². The summed E-state index contributed by atoms with van der Waals surface area (Å²) in [5.74, 6) is -0.742. The quantitative estimate of drug-likeness (QED) is 0.316. The van der Waals surface area contributed by atoms with Gasteiger partial charge in [-0.2, -0.15) is 5.26 Å². The molecule has 8 heteroatoms. The van der Waals surface area contributed by atoms with Crippen molar-refractivity contribution in [1.29, 1.82) is 5.26 Å². The van der Waals surface area contributed by atoms with Gasteiger partial charge in [0.1, 0.15) is 16.7 Å². The van der Waals surface area contributed by atoms with Gasteiger partial charge in [0.05, 0.1) is 5.25 Å². The number of anilines is 1. The zero-order valence-electron chi connectivity index (χ0n) is 18.6. The van der Waals surface area contributed by atoms with Crippen molar-refractivity contribution in [3.8, 4) is 6.07 Å². The average molecular weight is 522 g/mol. The lowest BCUT2D eigenvalue weighted by Gasteiger charge is -2.19. The first-order chi connectivity index (χ1) is 17.0. The monoisotopic (exact) mass is 521 g/mol. The van der Waals surface area contributed by atoms with Crippen molar-refractivity contribution >= 4 is 52.5 Å². The van der Waals surface area contributed by atoms with Gasteiger partial charge in [0.15, 0.2) is 0 Å². The van der Waals surface area contributed by atoms with Gasteiger partial charge in [-0.15, -0.1) is 0 Å². The van der Waals surface area contributed by atoms with Crippen LogP contribution in [0.4, 0.5) is 5.69 Å². The average Bonchev–Trinajstić information content (AvgIpc) is 3.17. The maximum atomic E-state index is 13.5. The molecule has 1 heterocycles. The molecular weight excluding hydrogens is 501 g/mol. The molecular formula is C27H21Cl2N3O2S. The van der Waals surface area contributed by atoms with E-state index in [1.807, 2.05) is 54.6 Å². The van der Waals surface area contributed by atoms with Gasteiger partial charge in [0.2, 0.25) is 5.91 Å². The Morgan fingerprint density at radius 3 is 2.37 bits per heavy atom. The molecule has 5 nitrogen and oxygen atoms in total. The zero-order chi connectivity index (χ0) is 24.8. The van der Waals surface area contributed by atoms with Crippen molar-refractivity contribution in [2.24, 2.45) is 0 Å². The molecule has 1 aliphatic heterocycles. The smallest absolute Gasteiger partial charge is 0.264 e. The Labute approximate surface area is 218 Å². The Balaban J connectivity index is 1.62. The molecule has 176 valence electrons. The lowest BCUT2D eigenvalue weighted by molar-refractivity contribution is -0.117. The minimum Gasteiger partial charge on any atom is -0.351 e. The van der Waals surface area contributed by atoms with Gasteiger partial charge < -0.3 is 5.32 Å². The molecule has 1 atom stereocenters. The summed E-state index contributed by atoms with van der Waals surface area (Å²) < 4.78 is 0. The van der Waals surface area contributed by atoms with Crippen LogP contribution in [0.1, 0.15) is 11.1 Å². The van der Waals surface area contributed by atoms with E-state index in [2.05, 4.69) is 5.32 Å². The molecule has 4 rings (SSSR count). The molecule has 0 aliphatic carbocycles. The predicted molar refractivity (Wildman–Crippen MR) is 141 cm³/mol. The molecule has 1 unspecified atom stereocenters. The van der Waals surface area contributed by atoms with Gasteiger partial charge in [-0.1, -0.05) is 83.5 Å². The normalized spacial score (nSPS) is 16.7. The molecule has 0 aromatic heterocycles. The van der Waals surface area contributed by atoms with E-state index in [0.29, 0.717) is 40.1 Å². The summed E-state index contributed by atoms with van der Waals surface area (Å²) in [6, 6.07) is 25.8. The third kappa shape index (κ3) is 5.88. The molecule has 35 heavy (non-hydrogen) atoms. The van der Waals surface area contributed by atoms with Crippen LogP contribution in [0.3, 0.4) is 0 Å². The van der Waals surface area contributed by atoms with Crippen LogP contribution in [0, 0.1) is 11.3 Å². The molecule has 1 fully saturated rings. The maximum Gasteiger partial charge on any atom is 0.264 e. The van der Waals surface area contributed by atoms with Gasteiger partial charge in [-0.3, -0.25) is 14.5 Å². The Bertz CT molecular complexity index is 1300. The third-order valence-corrected chi connectivity index (χ3v) is 7.38. The summed E-state index contributed by atoms with van der Waals surface area (Å²) in [5.41, 5.74) is 2.33. The van der Waals surface area contributed by atoms with E-state index < -0.39 is 11.2 Å². The molecule has 3 aromatic carbocycles. The van der Waals surface area contributed by atoms with Crippen molar-refractivity contribution in [2.75, 3.05) is 11.4 Å². The fourth-order valence-electron chi connectivity index (χ4n) is 3.73. The van der Waals surface area contributed by atoms with E-state index >= 15 is 0 Å². The summed E-state index contributed by atoms with van der Waals surface area (Å²) in [6.07, 6.45) is 0.994. The lowest BCUT2D eigenvalue weighted by atomic mass is 10.1. The van der Waals surface area contributed by atoms with Gasteiger partial charge in [0.25, 0.3) is 5.91 Å². The van der Waals surface area contributed by atoms with E-state index in [1.165, 1.54) is 16.7 Å². The molecule has 1 saturated heterocycles. The molecule has 1 N–H and O–H groups in total. The van der Waals surface area contributed by atoms with Crippen LogP contribution in [0.15, 0.2) is 89.5 Å². The fraction of sp³-hybridized carbons (Fsp3) is 0.148. The van der Waals surface area contributed by atoms with Crippen LogP contribution in [0.2, 0.25) is 10.0 Å². The lowest BCUT2D eigenvalue weighted by Crippen LogP contribution is -2.32. The van der Waals surface area contributed by atoms with Crippen LogP contribution in [-0.4, -0.2) is 23.6 Å². The second-order valence-corrected chi connectivity index (χ2v) is 9.87. The van der Waals surface area contributed by atoms with Crippen LogP contribution >= 0.6 is 35.0 Å². The Morgan fingerprint density at radius 1 is 1.00 bits per heavy atom. The van der Waals surface area contributed by atoms with Crippen molar-refractivity contribution in [2.45, 2.75) is 18.1 Å². The van der Waals surface area contributed by atoms with E-state index in [1.54, 1.807) is 30.3 Å². The molecule has 1 aliphatic rings. The third-order valence-electron chi connectivity index (χ3n) is 5.50. The number of thioether (sulfide) groups is 1. The van der Waals surface area contributed by atoms with E-state index in [4.69, 9.17) is 23.2 Å². The topological polar surface area (TPSA) is 73.2 Å². The van der Waals surface area contributed by atoms with Crippen LogP contribution in [0.5, 0.6) is 0 Å². The molecule has 0 spiro atoms. The highest BCUT2D eigenvalue weighted by Crippen LogP contribution is 2.42. The Morgan fingerprint density at radius 2 is 1.69 bits per heavy atom. The SMILES string of the molecule is N#CC(C(=O)NCCc1ccccc1)=C1SC(Cc2ccccc2Cl)C(=O)N1c1ccc(Cl)cc1. The standard InChI is InChI=1S/C27H21Cl2N3O2S/c28-20-10-12-21(13-11-20)32-26(34)24(16-19-8-4-5-9-23(19)29)35-27(32)22(17-30)25(33)31-15-14-18-6-2-1-3-7-18/h1-13,24H,14-16H2,(H,31,33). The summed E-state index contributed by atoms with van der Waals surface area (Å²) in [7, 11) is 0. The second-order valence-electron chi connectivity index (χ2n) is 7.84. The highest BCUT2D eigenvalue weighted by molar-refractivity contribution is 8.05. The number of carbonyl (C=O) groups excluding carboxylic acids is 2. The molecule has 0 radical (unpaired) electrons. The summed E-state index contributed by atoms with van der Waals surface area (Å²) in [5, 5.41) is 13.6. The first kappa shape index (κ1) is 24.9. The minimum atomic E-state index is -0.541. The van der Waals surface area contributed by atoms with Gasteiger partial charge in [-0.05, 0) is 54.3 Å². The molecule has 2 amide bonds. The number of amides is 2. The van der Waals surface area contributed by atoms with Gasteiger partial charge >= 0.3 is 0 Å². The van der Waals surface area contributed by atoms with Crippen molar-refractivity contribution in [3.63, 3.8) is 0 Å². The first-order valence-corrected chi connectivity index (χ1v) is 12.6. The first-order valence-electron chi connectivity index (χ1n) is 10.9. The number of hydrogen-bond donors (Lipinski definition) is 1. The summed E-state index contributed by atoms with van der Waals surface area (Å²) in [6.45, 7) is 0.365. The van der Waals surface area contributed by atoms with Crippen molar-refractivity contribution in [1.82, 2.24) is 5.32 Å². The number of benzene rings is 3. The highest BCUT2D eigenvalue weighted by atomic mass is 35.5. The zero-order valence-corrected chi connectivity index (χ0v) is 20.9. The number of halogens is 2. The number of nitrogens with one attached hydrogen (secondary N) is 1. The number of nitriles is 1. The number of rotatable bonds is 7. The maximum absolute atomic E-state index is 13.5. The van der Waals surface area contributed by atoms with Crippen LogP contribution in [-0.2, 0) is 22.4 Å². The predicted octanol–water partition coefficient (Wildman–Crippen LogP) is 5.78. The number of nitrogens with zero attached hydrogens (tertiary/aromatic N) is 2. The molecule has 0 bridgehead atoms.